The van der Waals surface area contributed by atoms with E-state index < -0.39 is 7.12 Å². The molecule has 3 nitrogen and oxygen atoms in total. The van der Waals surface area contributed by atoms with Crippen LogP contribution in [0.2, 0.25) is 0 Å². The fourth-order valence-electron chi connectivity index (χ4n) is 0.0862. The summed E-state index contributed by atoms with van der Waals surface area (Å²) in [5.74, 6) is -0.0231. The van der Waals surface area contributed by atoms with Crippen LogP contribution in [0.5, 0.6) is 0 Å². The first-order valence-corrected chi connectivity index (χ1v) is 1.24. The standard InChI is InChI=1S/CH2BNO2/c3-1-2(4)5-1/h3-4H. The molecule has 0 saturated carbocycles. The van der Waals surface area contributed by atoms with Crippen molar-refractivity contribution in [3.8, 4) is 0 Å². The lowest BCUT2D eigenvalue weighted by molar-refractivity contribution is 0.516. The largest absolute Gasteiger partial charge is 0.616 e. The van der Waals surface area contributed by atoms with Gasteiger partial charge in [-0.15, -0.1) is 0 Å². The Labute approximate surface area is 29.2 Å². The number of rotatable bonds is 0. The number of nitrogens with one attached hydrogen (secondary N) is 1. The molecule has 0 radical (unpaired) electrons. The predicted molar refractivity (Wildman–Crippen MR) is 16.8 cm³/mol. The normalized spacial score (nSPS) is 18.6. The highest BCUT2D eigenvalue weighted by Crippen LogP contribution is 1.99. The van der Waals surface area contributed by atoms with E-state index in [1.807, 2.05) is 0 Å². The van der Waals surface area contributed by atoms with Crippen LogP contribution in [0.15, 0.2) is 0 Å². The van der Waals surface area contributed by atoms with E-state index in [9.17, 15) is 0 Å². The smallest absolute Gasteiger partial charge is 0.521 e. The minimum Gasteiger partial charge on any atom is -0.521 e. The minimum absolute atomic E-state index is 0.0231. The van der Waals surface area contributed by atoms with Crippen LogP contribution in [0.4, 0.5) is 0 Å². The van der Waals surface area contributed by atoms with Crippen molar-refractivity contribution in [1.82, 2.24) is 0 Å². The van der Waals surface area contributed by atoms with Gasteiger partial charge in [-0.2, -0.15) is 0 Å². The Hall–Kier alpha value is -0.505. The summed E-state index contributed by atoms with van der Waals surface area (Å²) >= 11 is 0. The van der Waals surface area contributed by atoms with Crippen molar-refractivity contribution in [2.75, 3.05) is 0 Å². The molecule has 0 aromatic heterocycles. The Balaban J connectivity index is 2.47. The fraction of sp³-hybridized carbons (Fsp3) is 0. The number of hydrogen-bond donors (Lipinski definition) is 2. The first-order valence-electron chi connectivity index (χ1n) is 1.24. The molecule has 1 heterocycles. The average Bonchev–Trinajstić information content (AvgIpc) is 1.79. The van der Waals surface area contributed by atoms with Crippen molar-refractivity contribution in [1.29, 1.82) is 5.41 Å². The molecule has 0 aromatic rings. The second kappa shape index (κ2) is 0.516. The Morgan fingerprint density at radius 3 is 2.20 bits per heavy atom. The second-order valence-corrected chi connectivity index (χ2v) is 0.834. The van der Waals surface area contributed by atoms with Crippen LogP contribution >= 0.6 is 0 Å². The predicted octanol–water partition coefficient (Wildman–Crippen LogP) is -0.986. The van der Waals surface area contributed by atoms with E-state index in [2.05, 4.69) is 4.65 Å². The zero-order valence-corrected chi connectivity index (χ0v) is 2.43. The lowest BCUT2D eigenvalue weighted by atomic mass is 10.1. The summed E-state index contributed by atoms with van der Waals surface area (Å²) in [7, 11) is -0.866. The van der Waals surface area contributed by atoms with Gasteiger partial charge in [0, 0.05) is 0 Å². The number of hydrogen-bond acceptors (Lipinski definition) is 3. The molecule has 5 heavy (non-hydrogen) atoms. The van der Waals surface area contributed by atoms with Crippen molar-refractivity contribution >= 4 is 12.9 Å². The molecule has 1 aliphatic rings. The molecule has 0 aliphatic carbocycles. The Morgan fingerprint density at radius 2 is 2.20 bits per heavy atom. The SMILES string of the molecule is N=C1OB1O. The summed E-state index contributed by atoms with van der Waals surface area (Å²) < 4.78 is 4.06. The van der Waals surface area contributed by atoms with Gasteiger partial charge in [0.15, 0.2) is 0 Å². The summed E-state index contributed by atoms with van der Waals surface area (Å²) in [5, 5.41) is 14.3. The molecule has 1 fully saturated rings. The quantitative estimate of drug-likeness (QED) is 0.284. The maximum Gasteiger partial charge on any atom is 0.616 e. The van der Waals surface area contributed by atoms with E-state index in [0.717, 1.165) is 0 Å². The van der Waals surface area contributed by atoms with Crippen LogP contribution in [-0.4, -0.2) is 17.9 Å². The van der Waals surface area contributed by atoms with Crippen molar-refractivity contribution in [2.45, 2.75) is 0 Å². The van der Waals surface area contributed by atoms with Gasteiger partial charge >= 0.3 is 7.12 Å². The van der Waals surface area contributed by atoms with Crippen LogP contribution in [0.3, 0.4) is 0 Å². The molecule has 1 saturated heterocycles. The fourth-order valence-corrected chi connectivity index (χ4v) is 0.0862. The third-order valence-electron chi connectivity index (χ3n) is 0.406. The van der Waals surface area contributed by atoms with Crippen LogP contribution in [0.25, 0.3) is 0 Å². The lowest BCUT2D eigenvalue weighted by Crippen LogP contribution is -1.84. The van der Waals surface area contributed by atoms with Crippen LogP contribution < -0.4 is 0 Å². The first-order chi connectivity index (χ1) is 2.30. The minimum atomic E-state index is -0.866. The van der Waals surface area contributed by atoms with Gasteiger partial charge in [-0.1, -0.05) is 0 Å². The molecule has 0 atom stereocenters. The molecule has 0 aromatic carbocycles. The molecular formula is CH2BNO2. The highest BCUT2D eigenvalue weighted by Gasteiger charge is 2.40. The summed E-state index contributed by atoms with van der Waals surface area (Å²) in [6.07, 6.45) is 0. The molecule has 26 valence electrons. The monoisotopic (exact) mass is 71.0 g/mol. The summed E-state index contributed by atoms with van der Waals surface area (Å²) in [6.45, 7) is 0. The van der Waals surface area contributed by atoms with E-state index in [-0.39, 0.29) is 5.80 Å². The molecule has 2 N–H and O–H groups in total. The first kappa shape index (κ1) is 2.72. The second-order valence-electron chi connectivity index (χ2n) is 0.834. The lowest BCUT2D eigenvalue weighted by Gasteiger charge is -1.45. The molecule has 4 heteroatoms. The van der Waals surface area contributed by atoms with Gasteiger partial charge in [0.2, 0.25) is 5.80 Å². The zero-order chi connectivity index (χ0) is 3.86. The Bertz CT molecular complexity index is 72.0. The highest BCUT2D eigenvalue weighted by molar-refractivity contribution is 6.92. The molecule has 1 aliphatic heterocycles. The van der Waals surface area contributed by atoms with Crippen molar-refractivity contribution in [3.05, 3.63) is 0 Å². The van der Waals surface area contributed by atoms with Gasteiger partial charge in [0.05, 0.1) is 0 Å². The molecule has 0 unspecified atom stereocenters. The van der Waals surface area contributed by atoms with Gasteiger partial charge in [0.25, 0.3) is 0 Å². The van der Waals surface area contributed by atoms with Crippen LogP contribution in [0.1, 0.15) is 0 Å². The summed E-state index contributed by atoms with van der Waals surface area (Å²) in [5.41, 5.74) is 0. The Morgan fingerprint density at radius 1 is 2.00 bits per heavy atom. The van der Waals surface area contributed by atoms with Crippen LogP contribution in [0, 0.1) is 5.41 Å². The molecule has 0 spiro atoms. The van der Waals surface area contributed by atoms with Gasteiger partial charge in [-0.25, -0.2) is 0 Å². The zero-order valence-electron chi connectivity index (χ0n) is 2.43. The van der Waals surface area contributed by atoms with Crippen LogP contribution in [-0.2, 0) is 4.65 Å². The average molecular weight is 70.8 g/mol. The van der Waals surface area contributed by atoms with Gasteiger partial charge in [0.1, 0.15) is 0 Å². The van der Waals surface area contributed by atoms with Gasteiger partial charge in [-0.3, -0.25) is 5.41 Å². The Kier molecular flexibility index (Phi) is 0.280. The molecule has 0 bridgehead atoms. The van der Waals surface area contributed by atoms with E-state index in [0.29, 0.717) is 0 Å². The van der Waals surface area contributed by atoms with E-state index in [1.54, 1.807) is 0 Å². The molecular weight excluding hydrogens is 68.8 g/mol. The van der Waals surface area contributed by atoms with E-state index >= 15 is 0 Å². The third-order valence-corrected chi connectivity index (χ3v) is 0.406. The maximum atomic E-state index is 7.99. The van der Waals surface area contributed by atoms with E-state index in [1.165, 1.54) is 0 Å². The highest BCUT2D eigenvalue weighted by atomic mass is 16.6. The van der Waals surface area contributed by atoms with Crippen molar-refractivity contribution < 1.29 is 9.68 Å². The summed E-state index contributed by atoms with van der Waals surface area (Å²) in [6, 6.07) is 0. The van der Waals surface area contributed by atoms with Gasteiger partial charge in [-0.05, 0) is 0 Å². The van der Waals surface area contributed by atoms with Crippen molar-refractivity contribution in [3.63, 3.8) is 0 Å². The topological polar surface area (TPSA) is 56.6 Å². The summed E-state index contributed by atoms with van der Waals surface area (Å²) in [4.78, 5) is 0. The maximum absolute atomic E-state index is 7.99. The molecule has 0 amide bonds. The third kappa shape index (κ3) is 0.259. The van der Waals surface area contributed by atoms with E-state index in [4.69, 9.17) is 10.4 Å². The van der Waals surface area contributed by atoms with Gasteiger partial charge < -0.3 is 9.68 Å². The molecule has 1 rings (SSSR count). The van der Waals surface area contributed by atoms with Crippen molar-refractivity contribution in [2.24, 2.45) is 0 Å².